The van der Waals surface area contributed by atoms with E-state index in [-0.39, 0.29) is 5.41 Å². The van der Waals surface area contributed by atoms with Crippen LogP contribution in [-0.2, 0) is 15.9 Å². The van der Waals surface area contributed by atoms with Gasteiger partial charge in [0.05, 0.1) is 0 Å². The number of halogens is 2. The number of ether oxygens (including phenoxy) is 1. The molecule has 0 spiro atoms. The molecule has 0 radical (unpaired) electrons. The summed E-state index contributed by atoms with van der Waals surface area (Å²) in [6.07, 6.45) is 1.81. The topological polar surface area (TPSA) is 56.8 Å². The normalized spacial score (nSPS) is 20.6. The van der Waals surface area contributed by atoms with Gasteiger partial charge in [-0.15, -0.1) is 13.1 Å². The van der Waals surface area contributed by atoms with Crippen LogP contribution >= 0.6 is 38.7 Å². The Bertz CT molecular complexity index is 117. The average molecular weight is 591 g/mol. The van der Waals surface area contributed by atoms with Gasteiger partial charge in [0, 0.05) is 13.2 Å². The van der Waals surface area contributed by atoms with Gasteiger partial charge in [-0.05, 0) is 12.8 Å². The summed E-state index contributed by atoms with van der Waals surface area (Å²) in [5.41, 5.74) is 14.5. The van der Waals surface area contributed by atoms with Gasteiger partial charge in [-0.2, -0.15) is 0 Å². The number of hydrogen-bond donors (Lipinski definition) is 0. The minimum Gasteiger partial charge on any atom is -0.677 e. The second kappa shape index (κ2) is 9.27. The van der Waals surface area contributed by atoms with Gasteiger partial charge in [-0.25, -0.2) is 0 Å². The van der Waals surface area contributed by atoms with Crippen LogP contribution in [0.4, 0.5) is 0 Å². The SMILES string of the molecule is [I][Pt+2][I].[NH-]CC1(C[NH-])CCOCC1. The van der Waals surface area contributed by atoms with E-state index in [9.17, 15) is 0 Å². The van der Waals surface area contributed by atoms with Crippen LogP contribution in [0.3, 0.4) is 0 Å². The van der Waals surface area contributed by atoms with Crippen LogP contribution < -0.4 is 0 Å². The fraction of sp³-hybridized carbons (Fsp3) is 1.00. The quantitative estimate of drug-likeness (QED) is 0.453. The smallest absolute Gasteiger partial charge is 0.0470 e. The molecule has 0 aromatic heterocycles. The summed E-state index contributed by atoms with van der Waals surface area (Å²) < 4.78 is 5.16. The van der Waals surface area contributed by atoms with Crippen LogP contribution in [0, 0.1) is 5.41 Å². The van der Waals surface area contributed by atoms with E-state index >= 15 is 0 Å². The molecule has 0 atom stereocenters. The van der Waals surface area contributed by atoms with E-state index in [0.29, 0.717) is 24.3 Å². The van der Waals surface area contributed by atoms with Gasteiger partial charge in [-0.3, -0.25) is 0 Å². The maximum absolute atomic E-state index is 7.27. The molecule has 0 aromatic carbocycles. The van der Waals surface area contributed by atoms with E-state index < -0.39 is 0 Å². The standard InChI is InChI=1S/C7H14N2O.2HI.Pt/c8-5-7(6-9)1-3-10-4-2-7;;;/h8-9H,1-6H2;2*1H;/q-2;;;+4/p-2. The minimum atomic E-state index is -0.0295. The van der Waals surface area contributed by atoms with Crippen molar-refractivity contribution in [3.63, 3.8) is 0 Å². The monoisotopic (exact) mass is 591 g/mol. The predicted octanol–water partition coefficient (Wildman–Crippen LogP) is 3.66. The van der Waals surface area contributed by atoms with Crippen LogP contribution in [0.5, 0.6) is 0 Å². The number of rotatable bonds is 2. The Labute approximate surface area is 109 Å². The summed E-state index contributed by atoms with van der Waals surface area (Å²) in [6.45, 7) is 2.27. The van der Waals surface area contributed by atoms with Crippen LogP contribution in [0.15, 0.2) is 0 Å². The van der Waals surface area contributed by atoms with Crippen molar-refractivity contribution in [1.82, 2.24) is 0 Å². The molecule has 1 aliphatic rings. The molecule has 0 aliphatic carbocycles. The molecular formula is C7H14I2N2OPt. The largest absolute Gasteiger partial charge is 0.677 e. The average Bonchev–Trinajstić information content (AvgIpc) is 2.20. The summed E-state index contributed by atoms with van der Waals surface area (Å²) in [5.74, 6) is 0. The molecule has 1 aliphatic heterocycles. The predicted molar refractivity (Wildman–Crippen MR) is 68.9 cm³/mol. The molecule has 2 N–H and O–H groups in total. The molecule has 0 aromatic rings. The zero-order valence-corrected chi connectivity index (χ0v) is 13.8. The van der Waals surface area contributed by atoms with Gasteiger partial charge in [0.15, 0.2) is 0 Å². The zero-order chi connectivity index (χ0) is 10.2. The molecule has 0 amide bonds. The van der Waals surface area contributed by atoms with Crippen LogP contribution in [-0.4, -0.2) is 26.3 Å². The van der Waals surface area contributed by atoms with E-state index in [4.69, 9.17) is 16.2 Å². The summed E-state index contributed by atoms with van der Waals surface area (Å²) in [5, 5.41) is 0. The summed E-state index contributed by atoms with van der Waals surface area (Å²) >= 11 is 5.30. The van der Waals surface area contributed by atoms with Gasteiger partial charge in [-0.1, -0.05) is 5.41 Å². The molecule has 1 rings (SSSR count). The molecule has 13 heavy (non-hydrogen) atoms. The molecule has 82 valence electrons. The van der Waals surface area contributed by atoms with E-state index in [1.54, 1.807) is 0 Å². The van der Waals surface area contributed by atoms with Crippen molar-refractivity contribution in [2.45, 2.75) is 12.8 Å². The molecule has 3 nitrogen and oxygen atoms in total. The first-order chi connectivity index (χ1) is 6.24. The molecule has 0 unspecified atom stereocenters. The summed E-state index contributed by atoms with van der Waals surface area (Å²) in [7, 11) is 0. The van der Waals surface area contributed by atoms with E-state index in [1.165, 1.54) is 0 Å². The molecule has 1 saturated heterocycles. The van der Waals surface area contributed by atoms with Crippen LogP contribution in [0.25, 0.3) is 11.5 Å². The van der Waals surface area contributed by atoms with Crippen molar-refractivity contribution < 1.29 is 15.9 Å². The van der Waals surface area contributed by atoms with Crippen molar-refractivity contribution >= 4 is 38.7 Å². The zero-order valence-electron chi connectivity index (χ0n) is 7.22. The van der Waals surface area contributed by atoms with Crippen molar-refractivity contribution in [2.75, 3.05) is 26.3 Å². The molecule has 0 bridgehead atoms. The molecule has 1 heterocycles. The van der Waals surface area contributed by atoms with Crippen molar-refractivity contribution in [2.24, 2.45) is 5.41 Å². The van der Waals surface area contributed by atoms with Crippen molar-refractivity contribution in [1.29, 1.82) is 0 Å². The van der Waals surface area contributed by atoms with E-state index in [2.05, 4.69) is 38.7 Å². The third-order valence-electron chi connectivity index (χ3n) is 2.30. The summed E-state index contributed by atoms with van der Waals surface area (Å²) in [4.78, 5) is 0. The third kappa shape index (κ3) is 6.24. The van der Waals surface area contributed by atoms with Gasteiger partial charge in [0.2, 0.25) is 0 Å². The van der Waals surface area contributed by atoms with Gasteiger partial charge in [0.25, 0.3) is 0 Å². The van der Waals surface area contributed by atoms with Crippen LogP contribution in [0.1, 0.15) is 12.8 Å². The van der Waals surface area contributed by atoms with Crippen molar-refractivity contribution in [3.8, 4) is 0 Å². The fourth-order valence-corrected chi connectivity index (χ4v) is 1.22. The fourth-order valence-electron chi connectivity index (χ4n) is 1.22. The van der Waals surface area contributed by atoms with E-state index in [1.807, 2.05) is 0 Å². The molecule has 6 heteroatoms. The second-order valence-corrected chi connectivity index (χ2v) is 19.6. The molecule has 1 fully saturated rings. The Morgan fingerprint density at radius 1 is 1.15 bits per heavy atom. The molecule has 0 saturated carbocycles. The third-order valence-corrected chi connectivity index (χ3v) is 2.30. The Kier molecular flexibility index (Phi) is 10.7. The van der Waals surface area contributed by atoms with Gasteiger partial charge < -0.3 is 16.2 Å². The summed E-state index contributed by atoms with van der Waals surface area (Å²) in [6, 6.07) is 0. The first-order valence-electron chi connectivity index (χ1n) is 3.94. The second-order valence-electron chi connectivity index (χ2n) is 3.01. The maximum atomic E-state index is 7.27. The first kappa shape index (κ1) is 15.0. The van der Waals surface area contributed by atoms with E-state index in [0.717, 1.165) is 26.1 Å². The Morgan fingerprint density at radius 3 is 1.77 bits per heavy atom. The minimum absolute atomic E-state index is 0.0295. The van der Waals surface area contributed by atoms with Crippen molar-refractivity contribution in [3.05, 3.63) is 11.5 Å². The van der Waals surface area contributed by atoms with Gasteiger partial charge in [0.1, 0.15) is 0 Å². The van der Waals surface area contributed by atoms with Gasteiger partial charge >= 0.3 is 49.9 Å². The number of nitrogens with one attached hydrogen (secondary N) is 2. The first-order valence-corrected chi connectivity index (χ1v) is 16.8. The van der Waals surface area contributed by atoms with Crippen LogP contribution in [0.2, 0.25) is 0 Å². The maximum Gasteiger partial charge on any atom is 0.0470 e. The molecular weight excluding hydrogens is 577 g/mol. The Balaban J connectivity index is 0.000000424. The Hall–Kier alpha value is 2.03. The number of hydrogen-bond acceptors (Lipinski definition) is 1. The Morgan fingerprint density at radius 2 is 1.54 bits per heavy atom.